The number of amides is 1. The maximum absolute atomic E-state index is 13.6. The third-order valence-corrected chi connectivity index (χ3v) is 3.28. The Kier molecular flexibility index (Phi) is 5.06. The zero-order valence-corrected chi connectivity index (χ0v) is 13.4. The molecule has 23 heavy (non-hydrogen) atoms. The number of likely N-dealkylation sites (tertiary alicyclic amines) is 1. The van der Waals surface area contributed by atoms with Gasteiger partial charge in [-0.15, -0.1) is 0 Å². The summed E-state index contributed by atoms with van der Waals surface area (Å²) in [6, 6.07) is 1.12. The number of hydrogen-bond donors (Lipinski definition) is 0. The molecule has 2 rings (SSSR count). The first-order chi connectivity index (χ1) is 10.7. The topological polar surface area (TPSA) is 38.8 Å². The number of hydrogen-bond acceptors (Lipinski definition) is 3. The van der Waals surface area contributed by atoms with Crippen LogP contribution < -0.4 is 4.74 Å². The largest absolute Gasteiger partial charge is 0.482 e. The molecule has 1 aromatic rings. The molecule has 1 atom stereocenters. The quantitative estimate of drug-likeness (QED) is 0.825. The molecule has 128 valence electrons. The second-order valence-corrected chi connectivity index (χ2v) is 6.51. The number of carbonyl (C=O) groups excluding carboxylic acids is 1. The molecule has 1 aliphatic heterocycles. The highest BCUT2D eigenvalue weighted by Crippen LogP contribution is 2.26. The first-order valence-electron chi connectivity index (χ1n) is 7.45. The lowest BCUT2D eigenvalue weighted by molar-refractivity contribution is 0.00691. The van der Waals surface area contributed by atoms with E-state index in [9.17, 15) is 18.0 Å². The Morgan fingerprint density at radius 1 is 1.22 bits per heavy atom. The molecule has 0 spiro atoms. The van der Waals surface area contributed by atoms with Gasteiger partial charge in [-0.25, -0.2) is 18.0 Å². The zero-order chi connectivity index (χ0) is 17.2. The molecule has 7 heteroatoms. The zero-order valence-electron chi connectivity index (χ0n) is 13.4. The molecule has 0 radical (unpaired) electrons. The molecule has 0 aliphatic carbocycles. The van der Waals surface area contributed by atoms with Gasteiger partial charge < -0.3 is 14.4 Å². The number of halogens is 3. The highest BCUT2D eigenvalue weighted by molar-refractivity contribution is 5.68. The van der Waals surface area contributed by atoms with Gasteiger partial charge in [0.05, 0.1) is 6.54 Å². The summed E-state index contributed by atoms with van der Waals surface area (Å²) < 4.78 is 50.8. The summed E-state index contributed by atoms with van der Waals surface area (Å²) in [5.41, 5.74) is -0.625. The summed E-state index contributed by atoms with van der Waals surface area (Å²) in [7, 11) is 0. The van der Waals surface area contributed by atoms with Gasteiger partial charge in [0.2, 0.25) is 0 Å². The molecular formula is C16H20F3NO3. The first-order valence-corrected chi connectivity index (χ1v) is 7.45. The maximum Gasteiger partial charge on any atom is 0.410 e. The van der Waals surface area contributed by atoms with Gasteiger partial charge in [0.1, 0.15) is 17.5 Å². The van der Waals surface area contributed by atoms with Crippen LogP contribution in [0.2, 0.25) is 0 Å². The third-order valence-electron chi connectivity index (χ3n) is 3.28. The molecule has 1 saturated heterocycles. The number of carbonyl (C=O) groups is 1. The maximum atomic E-state index is 13.6. The highest BCUT2D eigenvalue weighted by Gasteiger charge is 2.29. The summed E-state index contributed by atoms with van der Waals surface area (Å²) in [6.07, 6.45) is 0.0840. The Morgan fingerprint density at radius 3 is 2.39 bits per heavy atom. The number of rotatable bonds is 2. The molecule has 0 N–H and O–H groups in total. The molecule has 0 aromatic heterocycles. The Hall–Kier alpha value is -1.92. The van der Waals surface area contributed by atoms with Gasteiger partial charge in [-0.1, -0.05) is 0 Å². The number of ether oxygens (including phenoxy) is 2. The number of piperidine rings is 1. The van der Waals surface area contributed by atoms with Crippen LogP contribution in [0.25, 0.3) is 0 Å². The van der Waals surface area contributed by atoms with Crippen molar-refractivity contribution < 1.29 is 27.4 Å². The smallest absolute Gasteiger partial charge is 0.410 e. The van der Waals surface area contributed by atoms with Gasteiger partial charge in [0, 0.05) is 18.7 Å². The molecule has 1 heterocycles. The first kappa shape index (κ1) is 17.4. The monoisotopic (exact) mass is 331 g/mol. The summed E-state index contributed by atoms with van der Waals surface area (Å²) in [5, 5.41) is 0. The van der Waals surface area contributed by atoms with E-state index in [1.54, 1.807) is 20.8 Å². The lowest BCUT2D eigenvalue weighted by atomic mass is 10.1. The van der Waals surface area contributed by atoms with Crippen LogP contribution >= 0.6 is 0 Å². The van der Waals surface area contributed by atoms with E-state index in [0.29, 0.717) is 31.5 Å². The van der Waals surface area contributed by atoms with Crippen molar-refractivity contribution in [3.63, 3.8) is 0 Å². The summed E-state index contributed by atoms with van der Waals surface area (Å²) >= 11 is 0. The molecule has 4 nitrogen and oxygen atoms in total. The van der Waals surface area contributed by atoms with Gasteiger partial charge in [0.25, 0.3) is 0 Å². The van der Waals surface area contributed by atoms with Gasteiger partial charge >= 0.3 is 6.09 Å². The summed E-state index contributed by atoms with van der Waals surface area (Å²) in [4.78, 5) is 13.5. The fourth-order valence-electron chi connectivity index (χ4n) is 2.33. The van der Waals surface area contributed by atoms with Crippen LogP contribution in [0.5, 0.6) is 5.75 Å². The SMILES string of the molecule is CC(C)(C)OC(=O)N1CCC[C@H](Oc2c(F)cc(F)cc2F)C1. The van der Waals surface area contributed by atoms with Crippen molar-refractivity contribution in [3.8, 4) is 5.75 Å². The Labute approximate surface area is 133 Å². The Balaban J connectivity index is 2.03. The van der Waals surface area contributed by atoms with Crippen LogP contribution in [-0.4, -0.2) is 35.8 Å². The molecule has 0 saturated carbocycles. The summed E-state index contributed by atoms with van der Waals surface area (Å²) in [6.45, 7) is 5.92. The predicted molar refractivity (Wildman–Crippen MR) is 77.8 cm³/mol. The van der Waals surface area contributed by atoms with Crippen molar-refractivity contribution in [3.05, 3.63) is 29.6 Å². The molecular weight excluding hydrogens is 311 g/mol. The lowest BCUT2D eigenvalue weighted by Gasteiger charge is -2.34. The molecule has 1 aliphatic rings. The predicted octanol–water partition coefficient (Wildman–Crippen LogP) is 3.88. The molecule has 0 unspecified atom stereocenters. The van der Waals surface area contributed by atoms with Crippen LogP contribution in [0.15, 0.2) is 12.1 Å². The van der Waals surface area contributed by atoms with Crippen molar-refractivity contribution in [2.24, 2.45) is 0 Å². The fourth-order valence-corrected chi connectivity index (χ4v) is 2.33. The van der Waals surface area contributed by atoms with Gasteiger partial charge in [-0.2, -0.15) is 0 Å². The summed E-state index contributed by atoms with van der Waals surface area (Å²) in [5.74, 6) is -3.83. The van der Waals surface area contributed by atoms with Crippen molar-refractivity contribution in [1.82, 2.24) is 4.90 Å². The average Bonchev–Trinajstić information content (AvgIpc) is 2.41. The van der Waals surface area contributed by atoms with E-state index in [0.717, 1.165) is 0 Å². The fraction of sp³-hybridized carbons (Fsp3) is 0.562. The highest BCUT2D eigenvalue weighted by atomic mass is 19.1. The minimum Gasteiger partial charge on any atom is -0.482 e. The van der Waals surface area contributed by atoms with Gasteiger partial charge in [0.15, 0.2) is 17.4 Å². The van der Waals surface area contributed by atoms with Crippen molar-refractivity contribution >= 4 is 6.09 Å². The van der Waals surface area contributed by atoms with Crippen LogP contribution in [-0.2, 0) is 4.74 Å². The van der Waals surface area contributed by atoms with E-state index in [2.05, 4.69) is 0 Å². The van der Waals surface area contributed by atoms with E-state index in [1.165, 1.54) is 4.90 Å². The van der Waals surface area contributed by atoms with Crippen LogP contribution in [0.3, 0.4) is 0 Å². The molecule has 1 aromatic carbocycles. The number of nitrogens with zero attached hydrogens (tertiary/aromatic N) is 1. The Bertz CT molecular complexity index is 563. The van der Waals surface area contributed by atoms with Crippen molar-refractivity contribution in [1.29, 1.82) is 0 Å². The van der Waals surface area contributed by atoms with Gasteiger partial charge in [-0.05, 0) is 33.6 Å². The van der Waals surface area contributed by atoms with Crippen molar-refractivity contribution in [2.75, 3.05) is 13.1 Å². The normalized spacial score (nSPS) is 18.7. The lowest BCUT2D eigenvalue weighted by Crippen LogP contribution is -2.46. The van der Waals surface area contributed by atoms with Crippen LogP contribution in [0.1, 0.15) is 33.6 Å². The molecule has 0 bridgehead atoms. The number of benzene rings is 1. The Morgan fingerprint density at radius 2 is 1.83 bits per heavy atom. The van der Waals surface area contributed by atoms with E-state index in [-0.39, 0.29) is 6.54 Å². The van der Waals surface area contributed by atoms with E-state index in [1.807, 2.05) is 0 Å². The third kappa shape index (κ3) is 4.77. The van der Waals surface area contributed by atoms with E-state index < -0.39 is 41.0 Å². The second-order valence-electron chi connectivity index (χ2n) is 6.51. The average molecular weight is 331 g/mol. The minimum atomic E-state index is -1.10. The van der Waals surface area contributed by atoms with Crippen LogP contribution in [0, 0.1) is 17.5 Å². The molecule has 1 fully saturated rings. The second kappa shape index (κ2) is 6.68. The van der Waals surface area contributed by atoms with E-state index in [4.69, 9.17) is 9.47 Å². The van der Waals surface area contributed by atoms with Gasteiger partial charge in [-0.3, -0.25) is 0 Å². The van der Waals surface area contributed by atoms with Crippen LogP contribution in [0.4, 0.5) is 18.0 Å². The minimum absolute atomic E-state index is 0.158. The standard InChI is InChI=1S/C16H20F3NO3/c1-16(2,3)23-15(21)20-6-4-5-11(9-20)22-14-12(18)7-10(17)8-13(14)19/h7-8,11H,4-6,9H2,1-3H3/t11-/m0/s1. The molecule has 1 amide bonds. The van der Waals surface area contributed by atoms with Crippen molar-refractivity contribution in [2.45, 2.75) is 45.3 Å². The van der Waals surface area contributed by atoms with E-state index >= 15 is 0 Å².